The fourth-order valence-electron chi connectivity index (χ4n) is 1.35. The lowest BCUT2D eigenvalue weighted by Crippen LogP contribution is -2.01. The number of aromatic nitrogens is 2. The quantitative estimate of drug-likeness (QED) is 0.903. The molecular weight excluding hydrogens is 242 g/mol. The van der Waals surface area contributed by atoms with Crippen LogP contribution in [0, 0.1) is 0 Å². The molecule has 0 amide bonds. The van der Waals surface area contributed by atoms with Crippen molar-refractivity contribution in [1.29, 1.82) is 0 Å². The van der Waals surface area contributed by atoms with Crippen LogP contribution in [-0.2, 0) is 0 Å². The van der Waals surface area contributed by atoms with Crippen molar-refractivity contribution in [2.45, 2.75) is 13.3 Å². The van der Waals surface area contributed by atoms with E-state index in [2.05, 4.69) is 21.0 Å². The zero-order chi connectivity index (χ0) is 11.4. The largest absolute Gasteiger partial charge is 0.367 e. The maximum Gasteiger partial charge on any atom is 0.168 e. The molecule has 1 heterocycles. The van der Waals surface area contributed by atoms with Crippen LogP contribution in [0.15, 0.2) is 24.3 Å². The van der Waals surface area contributed by atoms with E-state index in [1.807, 2.05) is 24.3 Å². The molecule has 16 heavy (non-hydrogen) atoms. The van der Waals surface area contributed by atoms with E-state index in [0.29, 0.717) is 0 Å². The maximum atomic E-state index is 5.85. The number of hydrogen-bond acceptors (Lipinski definition) is 4. The molecule has 5 heteroatoms. The predicted molar refractivity (Wildman–Crippen MR) is 69.1 cm³/mol. The summed E-state index contributed by atoms with van der Waals surface area (Å²) >= 11 is 7.07. The molecule has 0 saturated carbocycles. The average Bonchev–Trinajstić information content (AvgIpc) is 2.75. The van der Waals surface area contributed by atoms with Crippen molar-refractivity contribution in [3.05, 3.63) is 29.3 Å². The van der Waals surface area contributed by atoms with Crippen LogP contribution in [0.5, 0.6) is 0 Å². The maximum absolute atomic E-state index is 5.85. The van der Waals surface area contributed by atoms with Gasteiger partial charge in [-0.05, 0) is 18.6 Å². The van der Waals surface area contributed by atoms with Gasteiger partial charge in [-0.25, -0.2) is 0 Å². The van der Waals surface area contributed by atoms with Gasteiger partial charge in [-0.15, -0.1) is 0 Å². The number of hydrogen-bond donors (Lipinski definition) is 1. The normalized spacial score (nSPS) is 10.4. The third-order valence-corrected chi connectivity index (χ3v) is 2.93. The third-order valence-electron chi connectivity index (χ3n) is 2.15. The van der Waals surface area contributed by atoms with Crippen LogP contribution in [0.4, 0.5) is 5.82 Å². The second-order valence-corrected chi connectivity index (χ2v) is 4.36. The molecule has 0 atom stereocenters. The summed E-state index contributed by atoms with van der Waals surface area (Å²) in [6.07, 6.45) is 1.07. The van der Waals surface area contributed by atoms with Crippen LogP contribution in [-0.4, -0.2) is 15.3 Å². The lowest BCUT2D eigenvalue weighted by Gasteiger charge is -2.03. The molecule has 0 aliphatic carbocycles. The van der Waals surface area contributed by atoms with Crippen LogP contribution in [0.3, 0.4) is 0 Å². The Kier molecular flexibility index (Phi) is 3.74. The van der Waals surface area contributed by atoms with Crippen LogP contribution in [0.25, 0.3) is 11.3 Å². The second-order valence-electron chi connectivity index (χ2n) is 3.40. The summed E-state index contributed by atoms with van der Waals surface area (Å²) in [4.78, 5) is 0. The number of rotatable bonds is 4. The van der Waals surface area contributed by atoms with E-state index in [1.165, 1.54) is 11.7 Å². The van der Waals surface area contributed by atoms with E-state index >= 15 is 0 Å². The van der Waals surface area contributed by atoms with E-state index < -0.39 is 0 Å². The SMILES string of the molecule is CCCNc1nsnc1-c1ccc(Cl)cc1. The van der Waals surface area contributed by atoms with E-state index in [0.717, 1.165) is 35.1 Å². The summed E-state index contributed by atoms with van der Waals surface area (Å²) in [5.41, 5.74) is 1.94. The lowest BCUT2D eigenvalue weighted by molar-refractivity contribution is 0.974. The van der Waals surface area contributed by atoms with Crippen LogP contribution >= 0.6 is 23.3 Å². The number of anilines is 1. The molecule has 0 aliphatic heterocycles. The first-order valence-corrected chi connectivity index (χ1v) is 6.24. The molecule has 1 aromatic carbocycles. The average molecular weight is 254 g/mol. The molecule has 0 radical (unpaired) electrons. The van der Waals surface area contributed by atoms with Crippen molar-refractivity contribution in [2.75, 3.05) is 11.9 Å². The minimum atomic E-state index is 0.731. The van der Waals surface area contributed by atoms with Gasteiger partial charge in [0.1, 0.15) is 5.69 Å². The smallest absolute Gasteiger partial charge is 0.168 e. The third kappa shape index (κ3) is 2.51. The summed E-state index contributed by atoms with van der Waals surface area (Å²) in [5, 5.41) is 3.99. The molecule has 0 saturated heterocycles. The Balaban J connectivity index is 2.26. The van der Waals surface area contributed by atoms with Crippen LogP contribution < -0.4 is 5.32 Å². The monoisotopic (exact) mass is 253 g/mol. The Labute approximate surface area is 104 Å². The Morgan fingerprint density at radius 2 is 2.00 bits per heavy atom. The molecule has 84 valence electrons. The highest BCUT2D eigenvalue weighted by molar-refractivity contribution is 6.99. The van der Waals surface area contributed by atoms with Gasteiger partial charge in [-0.3, -0.25) is 0 Å². The lowest BCUT2D eigenvalue weighted by atomic mass is 10.1. The van der Waals surface area contributed by atoms with Crippen LogP contribution in [0.2, 0.25) is 5.02 Å². The number of benzene rings is 1. The molecule has 0 bridgehead atoms. The van der Waals surface area contributed by atoms with Crippen LogP contribution in [0.1, 0.15) is 13.3 Å². The van der Waals surface area contributed by atoms with E-state index in [9.17, 15) is 0 Å². The minimum Gasteiger partial charge on any atom is -0.367 e. The Morgan fingerprint density at radius 1 is 1.25 bits per heavy atom. The van der Waals surface area contributed by atoms with E-state index in [-0.39, 0.29) is 0 Å². The first-order chi connectivity index (χ1) is 7.81. The van der Waals surface area contributed by atoms with Crippen molar-refractivity contribution in [3.63, 3.8) is 0 Å². The summed E-state index contributed by atoms with van der Waals surface area (Å²) in [7, 11) is 0. The molecule has 0 aliphatic rings. The van der Waals surface area contributed by atoms with Crippen molar-refractivity contribution in [3.8, 4) is 11.3 Å². The van der Waals surface area contributed by atoms with Gasteiger partial charge in [-0.1, -0.05) is 30.7 Å². The summed E-state index contributed by atoms with van der Waals surface area (Å²) in [5.74, 6) is 0.856. The van der Waals surface area contributed by atoms with Gasteiger partial charge in [0.15, 0.2) is 5.82 Å². The highest BCUT2D eigenvalue weighted by Crippen LogP contribution is 2.26. The predicted octanol–water partition coefficient (Wildman–Crippen LogP) is 3.68. The molecule has 2 rings (SSSR count). The van der Waals surface area contributed by atoms with Crippen molar-refractivity contribution < 1.29 is 0 Å². The highest BCUT2D eigenvalue weighted by Gasteiger charge is 2.09. The second kappa shape index (κ2) is 5.27. The van der Waals surface area contributed by atoms with Gasteiger partial charge in [0.25, 0.3) is 0 Å². The Hall–Kier alpha value is -1.13. The number of nitrogens with zero attached hydrogens (tertiary/aromatic N) is 2. The fourth-order valence-corrected chi connectivity index (χ4v) is 2.02. The van der Waals surface area contributed by atoms with E-state index in [4.69, 9.17) is 11.6 Å². The highest BCUT2D eigenvalue weighted by atomic mass is 35.5. The number of halogens is 1. The van der Waals surface area contributed by atoms with Gasteiger partial charge in [0, 0.05) is 17.1 Å². The molecule has 0 unspecified atom stereocenters. The van der Waals surface area contributed by atoms with Gasteiger partial charge in [0.05, 0.1) is 11.7 Å². The first-order valence-electron chi connectivity index (χ1n) is 5.13. The molecule has 3 nitrogen and oxygen atoms in total. The standard InChI is InChI=1S/C11H12ClN3S/c1-2-7-13-11-10(14-16-15-11)8-3-5-9(12)6-4-8/h3-6H,2,7H2,1H3,(H,13,15). The van der Waals surface area contributed by atoms with Gasteiger partial charge < -0.3 is 5.32 Å². The topological polar surface area (TPSA) is 37.8 Å². The molecular formula is C11H12ClN3S. The van der Waals surface area contributed by atoms with Crippen molar-refractivity contribution >= 4 is 29.1 Å². The van der Waals surface area contributed by atoms with E-state index in [1.54, 1.807) is 0 Å². The zero-order valence-corrected chi connectivity index (χ0v) is 10.5. The molecule has 1 aromatic heterocycles. The summed E-state index contributed by atoms with van der Waals surface area (Å²) in [6, 6.07) is 7.63. The van der Waals surface area contributed by atoms with Gasteiger partial charge in [-0.2, -0.15) is 8.75 Å². The minimum absolute atomic E-state index is 0.731. The first kappa shape index (κ1) is 11.4. The Bertz CT molecular complexity index is 453. The summed E-state index contributed by atoms with van der Waals surface area (Å²) < 4.78 is 8.53. The fraction of sp³-hybridized carbons (Fsp3) is 0.273. The number of nitrogens with one attached hydrogen (secondary N) is 1. The molecule has 0 spiro atoms. The molecule has 1 N–H and O–H groups in total. The van der Waals surface area contributed by atoms with Crippen molar-refractivity contribution in [2.24, 2.45) is 0 Å². The van der Waals surface area contributed by atoms with Crippen molar-refractivity contribution in [1.82, 2.24) is 8.75 Å². The Morgan fingerprint density at radius 3 is 2.69 bits per heavy atom. The summed E-state index contributed by atoms with van der Waals surface area (Å²) in [6.45, 7) is 3.03. The molecule has 0 fully saturated rings. The molecule has 2 aromatic rings. The zero-order valence-electron chi connectivity index (χ0n) is 8.90. The van der Waals surface area contributed by atoms with Gasteiger partial charge >= 0.3 is 0 Å². The van der Waals surface area contributed by atoms with Gasteiger partial charge in [0.2, 0.25) is 0 Å².